The molecule has 0 radical (unpaired) electrons. The highest BCUT2D eigenvalue weighted by atomic mass is 14.9. The summed E-state index contributed by atoms with van der Waals surface area (Å²) in [5.41, 5.74) is 13.5. The second-order valence-corrected chi connectivity index (χ2v) is 6.02. The molecule has 2 rings (SSSR count). The zero-order valence-corrected chi connectivity index (χ0v) is 17.3. The van der Waals surface area contributed by atoms with Gasteiger partial charge in [-0.1, -0.05) is 62.4 Å². The molecule has 0 fully saturated rings. The number of nitrogens with one attached hydrogen (secondary N) is 1. The van der Waals surface area contributed by atoms with Crippen LogP contribution in [0.1, 0.15) is 45.2 Å². The zero-order chi connectivity index (χ0) is 20.2. The average molecular weight is 364 g/mol. The van der Waals surface area contributed by atoms with Gasteiger partial charge in [-0.25, -0.2) is 4.99 Å². The second-order valence-electron chi connectivity index (χ2n) is 6.02. The largest absolute Gasteiger partial charge is 0.362 e. The number of nitrogens with two attached hydrogens (primary N) is 1. The van der Waals surface area contributed by atoms with Crippen LogP contribution in [0.4, 0.5) is 0 Å². The fraction of sp³-hybridized carbons (Fsp3) is 0.292. The van der Waals surface area contributed by atoms with Crippen LogP contribution < -0.4 is 11.1 Å². The normalized spacial score (nSPS) is 15.7. The third-order valence-corrected chi connectivity index (χ3v) is 4.05. The maximum atomic E-state index is 5.82. The number of hydrogen-bond acceptors (Lipinski definition) is 3. The van der Waals surface area contributed by atoms with Gasteiger partial charge < -0.3 is 11.1 Å². The summed E-state index contributed by atoms with van der Waals surface area (Å²) in [6.07, 6.45) is 10.7. The number of rotatable bonds is 7. The van der Waals surface area contributed by atoms with Gasteiger partial charge in [-0.05, 0) is 63.2 Å². The Morgan fingerprint density at radius 2 is 1.81 bits per heavy atom. The highest BCUT2D eigenvalue weighted by molar-refractivity contribution is 6.09. The van der Waals surface area contributed by atoms with E-state index >= 15 is 0 Å². The number of nitrogens with zero attached hydrogens (tertiary/aromatic N) is 1. The fourth-order valence-corrected chi connectivity index (χ4v) is 2.77. The summed E-state index contributed by atoms with van der Waals surface area (Å²) in [6.45, 7) is 14.5. The van der Waals surface area contributed by atoms with E-state index in [9.17, 15) is 0 Å². The van der Waals surface area contributed by atoms with Gasteiger partial charge in [0.05, 0.1) is 11.4 Å². The predicted molar refractivity (Wildman–Crippen MR) is 121 cm³/mol. The molecule has 0 atom stereocenters. The molecule has 0 saturated heterocycles. The van der Waals surface area contributed by atoms with Crippen molar-refractivity contribution in [1.82, 2.24) is 5.32 Å². The van der Waals surface area contributed by atoms with Crippen LogP contribution in [0, 0.1) is 6.92 Å². The van der Waals surface area contributed by atoms with E-state index in [0.29, 0.717) is 6.54 Å². The molecule has 1 aliphatic heterocycles. The maximum Gasteiger partial charge on any atom is 0.0719 e. The van der Waals surface area contributed by atoms with E-state index in [1.54, 1.807) is 6.20 Å². The highest BCUT2D eigenvalue weighted by Crippen LogP contribution is 2.28. The highest BCUT2D eigenvalue weighted by Gasteiger charge is 2.16. The molecule has 0 aliphatic carbocycles. The minimum absolute atomic E-state index is 0.576. The van der Waals surface area contributed by atoms with Crippen LogP contribution in [0.2, 0.25) is 0 Å². The number of benzene rings is 1. The Balaban J connectivity index is 0.00000176. The number of aliphatic imine (C=N–C) groups is 1. The maximum absolute atomic E-state index is 5.82. The van der Waals surface area contributed by atoms with E-state index in [1.165, 1.54) is 11.1 Å². The van der Waals surface area contributed by atoms with E-state index in [2.05, 4.69) is 68.2 Å². The van der Waals surface area contributed by atoms with Gasteiger partial charge in [0, 0.05) is 11.3 Å². The first-order valence-corrected chi connectivity index (χ1v) is 9.58. The zero-order valence-electron chi connectivity index (χ0n) is 17.3. The summed E-state index contributed by atoms with van der Waals surface area (Å²) in [5, 5.41) is 3.19. The molecule has 3 nitrogen and oxygen atoms in total. The molecule has 1 heterocycles. The molecule has 0 amide bonds. The molecule has 3 heteroatoms. The van der Waals surface area contributed by atoms with E-state index in [4.69, 9.17) is 10.7 Å². The lowest BCUT2D eigenvalue weighted by Crippen LogP contribution is -2.12. The Kier molecular flexibility index (Phi) is 9.84. The molecule has 0 spiro atoms. The number of aryl methyl sites for hydroxylation is 1. The molecule has 0 unspecified atom stereocenters. The Labute approximate surface area is 164 Å². The minimum Gasteiger partial charge on any atom is -0.362 e. The topological polar surface area (TPSA) is 50.4 Å². The third-order valence-electron chi connectivity index (χ3n) is 4.05. The first-order chi connectivity index (χ1) is 13.1. The van der Waals surface area contributed by atoms with Crippen LogP contribution in [0.5, 0.6) is 0 Å². The SMILES string of the molecule is C=CNC(=C\C)/C(CCN)=C1N=C(/C=C/c2ccc(C)cc2)C=C\1C.CC. The molecule has 1 aliphatic rings. The van der Waals surface area contributed by atoms with Gasteiger partial charge in [-0.2, -0.15) is 0 Å². The molecule has 27 heavy (non-hydrogen) atoms. The van der Waals surface area contributed by atoms with Gasteiger partial charge in [-0.3, -0.25) is 0 Å². The molecule has 0 aromatic heterocycles. The third kappa shape index (κ3) is 6.54. The van der Waals surface area contributed by atoms with E-state index in [1.807, 2.05) is 26.8 Å². The summed E-state index contributed by atoms with van der Waals surface area (Å²) in [6, 6.07) is 8.45. The number of allylic oxidation sites excluding steroid dienone is 5. The molecular weight excluding hydrogens is 330 g/mol. The Hall–Kier alpha value is -2.65. The van der Waals surface area contributed by atoms with Crippen molar-refractivity contribution in [1.29, 1.82) is 0 Å². The monoisotopic (exact) mass is 363 g/mol. The van der Waals surface area contributed by atoms with E-state index in [0.717, 1.165) is 34.7 Å². The van der Waals surface area contributed by atoms with Crippen LogP contribution >= 0.6 is 0 Å². The van der Waals surface area contributed by atoms with Crippen LogP contribution in [-0.2, 0) is 0 Å². The van der Waals surface area contributed by atoms with Crippen LogP contribution in [-0.4, -0.2) is 12.3 Å². The summed E-state index contributed by atoms with van der Waals surface area (Å²) in [5.74, 6) is 0. The van der Waals surface area contributed by atoms with Crippen molar-refractivity contribution in [3.63, 3.8) is 0 Å². The minimum atomic E-state index is 0.576. The van der Waals surface area contributed by atoms with Crippen molar-refractivity contribution in [3.05, 3.63) is 88.9 Å². The van der Waals surface area contributed by atoms with Gasteiger partial charge in [0.15, 0.2) is 0 Å². The summed E-state index contributed by atoms with van der Waals surface area (Å²) in [4.78, 5) is 4.82. The van der Waals surface area contributed by atoms with Crippen LogP contribution in [0.15, 0.2) is 82.8 Å². The smallest absolute Gasteiger partial charge is 0.0719 e. The molecule has 0 saturated carbocycles. The summed E-state index contributed by atoms with van der Waals surface area (Å²) < 4.78 is 0. The Bertz CT molecular complexity index is 772. The molecular formula is C24H33N3. The standard InChI is InChI=1S/C22H27N3.C2H6/c1-5-21(24-6-2)20(13-14-23)22-17(4)15-19(25-22)12-11-18-9-7-16(3)8-10-18;1-2/h5-12,15,24H,2,13-14,23H2,1,3-4H3;1-2H3/b12-11+,21-5-,22-20-;. The second kappa shape index (κ2) is 11.9. The predicted octanol–water partition coefficient (Wildman–Crippen LogP) is 5.68. The molecule has 144 valence electrons. The first kappa shape index (κ1) is 22.4. The molecule has 3 N–H and O–H groups in total. The summed E-state index contributed by atoms with van der Waals surface area (Å²) >= 11 is 0. The van der Waals surface area contributed by atoms with Gasteiger partial charge >= 0.3 is 0 Å². The molecule has 1 aromatic carbocycles. The van der Waals surface area contributed by atoms with Crippen molar-refractivity contribution >= 4 is 11.8 Å². The van der Waals surface area contributed by atoms with Crippen LogP contribution in [0.25, 0.3) is 6.08 Å². The molecule has 0 bridgehead atoms. The first-order valence-electron chi connectivity index (χ1n) is 9.58. The fourth-order valence-electron chi connectivity index (χ4n) is 2.77. The van der Waals surface area contributed by atoms with Gasteiger partial charge in [-0.15, -0.1) is 0 Å². The van der Waals surface area contributed by atoms with E-state index in [-0.39, 0.29) is 0 Å². The Morgan fingerprint density at radius 3 is 2.37 bits per heavy atom. The lowest BCUT2D eigenvalue weighted by atomic mass is 10.0. The van der Waals surface area contributed by atoms with Crippen molar-refractivity contribution in [2.45, 2.75) is 41.0 Å². The Morgan fingerprint density at radius 1 is 1.15 bits per heavy atom. The number of hydrogen-bond donors (Lipinski definition) is 2. The van der Waals surface area contributed by atoms with Crippen LogP contribution in [0.3, 0.4) is 0 Å². The van der Waals surface area contributed by atoms with Gasteiger partial charge in [0.1, 0.15) is 0 Å². The van der Waals surface area contributed by atoms with E-state index < -0.39 is 0 Å². The van der Waals surface area contributed by atoms with Gasteiger partial charge in [0.2, 0.25) is 0 Å². The van der Waals surface area contributed by atoms with Crippen molar-refractivity contribution < 1.29 is 0 Å². The van der Waals surface area contributed by atoms with Gasteiger partial charge in [0.25, 0.3) is 0 Å². The molecule has 1 aromatic rings. The average Bonchev–Trinajstić information content (AvgIpc) is 3.06. The lowest BCUT2D eigenvalue weighted by molar-refractivity contribution is 0.901. The quantitative estimate of drug-likeness (QED) is 0.655. The van der Waals surface area contributed by atoms with Crippen molar-refractivity contribution in [3.8, 4) is 0 Å². The van der Waals surface area contributed by atoms with Crippen molar-refractivity contribution in [2.24, 2.45) is 10.7 Å². The summed E-state index contributed by atoms with van der Waals surface area (Å²) in [7, 11) is 0. The lowest BCUT2D eigenvalue weighted by Gasteiger charge is -2.14. The van der Waals surface area contributed by atoms with Crippen molar-refractivity contribution in [2.75, 3.05) is 6.54 Å².